The van der Waals surface area contributed by atoms with Gasteiger partial charge in [0.1, 0.15) is 5.82 Å². The molecule has 2 aromatic rings. The van der Waals surface area contributed by atoms with Gasteiger partial charge in [0.2, 0.25) is 0 Å². The first-order chi connectivity index (χ1) is 6.72. The van der Waals surface area contributed by atoms with Gasteiger partial charge in [-0.2, -0.15) is 4.37 Å². The van der Waals surface area contributed by atoms with E-state index in [2.05, 4.69) is 9.69 Å². The van der Waals surface area contributed by atoms with Crippen LogP contribution in [0.4, 0.5) is 5.82 Å². The number of carboxylic acid groups (broad SMARTS) is 1. The Kier molecular flexibility index (Phi) is 2.09. The van der Waals surface area contributed by atoms with Crippen LogP contribution in [0, 0.1) is 0 Å². The maximum absolute atomic E-state index is 10.7. The lowest BCUT2D eigenvalue weighted by atomic mass is 10.2. The molecule has 72 valence electrons. The van der Waals surface area contributed by atoms with Gasteiger partial charge in [0, 0.05) is 12.4 Å². The first-order valence-corrected chi connectivity index (χ1v) is 4.80. The van der Waals surface area contributed by atoms with Crippen LogP contribution in [0.3, 0.4) is 0 Å². The maximum Gasteiger partial charge on any atom is 0.335 e. The van der Waals surface area contributed by atoms with Crippen LogP contribution in [0.15, 0.2) is 18.2 Å². The molecule has 2 N–H and O–H groups in total. The summed E-state index contributed by atoms with van der Waals surface area (Å²) < 4.78 is 5.04. The van der Waals surface area contributed by atoms with Crippen LogP contribution in [-0.4, -0.2) is 22.5 Å². The molecule has 0 unspecified atom stereocenters. The van der Waals surface area contributed by atoms with Crippen molar-refractivity contribution in [2.45, 2.75) is 0 Å². The van der Waals surface area contributed by atoms with Gasteiger partial charge in [0.25, 0.3) is 0 Å². The minimum absolute atomic E-state index is 0.295. The fraction of sp³-hybridized carbons (Fsp3) is 0.111. The molecule has 0 fully saturated rings. The summed E-state index contributed by atoms with van der Waals surface area (Å²) in [7, 11) is 1.79. The Balaban J connectivity index is 2.63. The van der Waals surface area contributed by atoms with Crippen LogP contribution in [0.5, 0.6) is 0 Å². The molecule has 2 rings (SSSR count). The van der Waals surface area contributed by atoms with Crippen molar-refractivity contribution in [3.8, 4) is 0 Å². The van der Waals surface area contributed by atoms with Gasteiger partial charge >= 0.3 is 5.97 Å². The molecule has 0 radical (unpaired) electrons. The lowest BCUT2D eigenvalue weighted by Crippen LogP contribution is -1.94. The van der Waals surface area contributed by atoms with Crippen LogP contribution >= 0.6 is 11.5 Å². The molecule has 0 atom stereocenters. The summed E-state index contributed by atoms with van der Waals surface area (Å²) >= 11 is 1.29. The molecule has 1 heterocycles. The van der Waals surface area contributed by atoms with Crippen molar-refractivity contribution >= 4 is 33.4 Å². The summed E-state index contributed by atoms with van der Waals surface area (Å²) in [6.45, 7) is 0. The Morgan fingerprint density at radius 2 is 2.36 bits per heavy atom. The first kappa shape index (κ1) is 8.96. The van der Waals surface area contributed by atoms with Gasteiger partial charge in [-0.3, -0.25) is 0 Å². The van der Waals surface area contributed by atoms with E-state index >= 15 is 0 Å². The summed E-state index contributed by atoms with van der Waals surface area (Å²) in [5, 5.41) is 12.7. The van der Waals surface area contributed by atoms with E-state index in [4.69, 9.17) is 5.11 Å². The van der Waals surface area contributed by atoms with Crippen molar-refractivity contribution in [3.63, 3.8) is 0 Å². The number of nitrogens with zero attached hydrogens (tertiary/aromatic N) is 1. The number of anilines is 1. The topological polar surface area (TPSA) is 62.2 Å². The number of hydrogen-bond acceptors (Lipinski definition) is 4. The SMILES string of the molecule is CNc1nsc2cc(C(=O)O)ccc12. The summed E-state index contributed by atoms with van der Waals surface area (Å²) in [4.78, 5) is 10.7. The number of benzene rings is 1. The van der Waals surface area contributed by atoms with E-state index in [9.17, 15) is 4.79 Å². The zero-order chi connectivity index (χ0) is 10.1. The molecule has 0 spiro atoms. The second-order valence-electron chi connectivity index (χ2n) is 2.80. The highest BCUT2D eigenvalue weighted by Crippen LogP contribution is 2.27. The predicted octanol–water partition coefficient (Wildman–Crippen LogP) is 2.04. The number of aromatic carboxylic acids is 1. The average molecular weight is 208 g/mol. The Morgan fingerprint density at radius 3 is 3.00 bits per heavy atom. The monoisotopic (exact) mass is 208 g/mol. The minimum atomic E-state index is -0.911. The number of carbonyl (C=O) groups is 1. The highest BCUT2D eigenvalue weighted by Gasteiger charge is 2.08. The summed E-state index contributed by atoms with van der Waals surface area (Å²) in [5.74, 6) is -0.117. The first-order valence-electron chi connectivity index (χ1n) is 4.03. The number of fused-ring (bicyclic) bond motifs is 1. The molecule has 14 heavy (non-hydrogen) atoms. The second-order valence-corrected chi connectivity index (χ2v) is 3.60. The third-order valence-corrected chi connectivity index (χ3v) is 2.76. The Hall–Kier alpha value is -1.62. The number of carboxylic acids is 1. The van der Waals surface area contributed by atoms with Crippen molar-refractivity contribution in [1.82, 2.24) is 4.37 Å². The van der Waals surface area contributed by atoms with Crippen LogP contribution in [0.2, 0.25) is 0 Å². The molecule has 0 bridgehead atoms. The van der Waals surface area contributed by atoms with E-state index in [1.807, 2.05) is 0 Å². The zero-order valence-corrected chi connectivity index (χ0v) is 8.26. The zero-order valence-electron chi connectivity index (χ0n) is 7.44. The average Bonchev–Trinajstić information content (AvgIpc) is 2.59. The normalized spacial score (nSPS) is 10.4. The fourth-order valence-corrected chi connectivity index (χ4v) is 2.07. The molecular weight excluding hydrogens is 200 g/mol. The molecule has 0 aliphatic heterocycles. The lowest BCUT2D eigenvalue weighted by Gasteiger charge is -1.95. The third kappa shape index (κ3) is 1.31. The predicted molar refractivity (Wildman–Crippen MR) is 56.1 cm³/mol. The highest BCUT2D eigenvalue weighted by molar-refractivity contribution is 7.13. The van der Waals surface area contributed by atoms with Gasteiger partial charge in [-0.25, -0.2) is 4.79 Å². The van der Waals surface area contributed by atoms with Crippen molar-refractivity contribution in [1.29, 1.82) is 0 Å². The van der Waals surface area contributed by atoms with E-state index in [1.54, 1.807) is 25.2 Å². The van der Waals surface area contributed by atoms with Gasteiger partial charge in [-0.15, -0.1) is 0 Å². The van der Waals surface area contributed by atoms with Crippen LogP contribution in [0.1, 0.15) is 10.4 Å². The van der Waals surface area contributed by atoms with E-state index in [0.29, 0.717) is 5.56 Å². The highest BCUT2D eigenvalue weighted by atomic mass is 32.1. The molecule has 0 saturated heterocycles. The molecule has 5 heteroatoms. The lowest BCUT2D eigenvalue weighted by molar-refractivity contribution is 0.0697. The Morgan fingerprint density at radius 1 is 1.57 bits per heavy atom. The molecule has 0 aliphatic rings. The van der Waals surface area contributed by atoms with Crippen LogP contribution < -0.4 is 5.32 Å². The number of aromatic nitrogens is 1. The van der Waals surface area contributed by atoms with Gasteiger partial charge < -0.3 is 10.4 Å². The van der Waals surface area contributed by atoms with E-state index in [-0.39, 0.29) is 0 Å². The van der Waals surface area contributed by atoms with Crippen molar-refractivity contribution in [3.05, 3.63) is 23.8 Å². The summed E-state index contributed by atoms with van der Waals surface area (Å²) in [6.07, 6.45) is 0. The molecule has 0 aliphatic carbocycles. The largest absolute Gasteiger partial charge is 0.478 e. The van der Waals surface area contributed by atoms with Crippen LogP contribution in [-0.2, 0) is 0 Å². The maximum atomic E-state index is 10.7. The number of rotatable bonds is 2. The summed E-state index contributed by atoms with van der Waals surface area (Å²) in [6, 6.07) is 4.99. The summed E-state index contributed by atoms with van der Waals surface area (Å²) in [5.41, 5.74) is 0.295. The van der Waals surface area contributed by atoms with Crippen LogP contribution in [0.25, 0.3) is 10.1 Å². The minimum Gasteiger partial charge on any atom is -0.478 e. The number of nitrogens with one attached hydrogen (secondary N) is 1. The van der Waals surface area contributed by atoms with E-state index in [1.165, 1.54) is 11.5 Å². The standard InChI is InChI=1S/C9H8N2O2S/c1-10-8-6-3-2-5(9(12)13)4-7(6)14-11-8/h2-4H,1H3,(H,10,11)(H,12,13). The van der Waals surface area contributed by atoms with Crippen molar-refractivity contribution in [2.24, 2.45) is 0 Å². The molecule has 0 amide bonds. The fourth-order valence-electron chi connectivity index (χ4n) is 1.25. The van der Waals surface area contributed by atoms with E-state index in [0.717, 1.165) is 15.9 Å². The van der Waals surface area contributed by atoms with Gasteiger partial charge in [0.15, 0.2) is 0 Å². The third-order valence-electron chi connectivity index (χ3n) is 1.96. The van der Waals surface area contributed by atoms with Gasteiger partial charge in [-0.1, -0.05) is 0 Å². The van der Waals surface area contributed by atoms with E-state index < -0.39 is 5.97 Å². The molecular formula is C9H8N2O2S. The Labute approximate surface area is 84.3 Å². The second kappa shape index (κ2) is 3.26. The smallest absolute Gasteiger partial charge is 0.335 e. The molecule has 1 aromatic carbocycles. The van der Waals surface area contributed by atoms with Gasteiger partial charge in [-0.05, 0) is 29.7 Å². The van der Waals surface area contributed by atoms with Gasteiger partial charge in [0.05, 0.1) is 10.3 Å². The molecule has 0 saturated carbocycles. The van der Waals surface area contributed by atoms with Crippen molar-refractivity contribution in [2.75, 3.05) is 12.4 Å². The quantitative estimate of drug-likeness (QED) is 0.792. The molecule has 4 nitrogen and oxygen atoms in total. The Bertz CT molecular complexity index is 493. The van der Waals surface area contributed by atoms with Crippen molar-refractivity contribution < 1.29 is 9.90 Å². The number of hydrogen-bond donors (Lipinski definition) is 2. The molecule has 1 aromatic heterocycles.